The third-order valence-corrected chi connectivity index (χ3v) is 7.34. The molecule has 0 radical (unpaired) electrons. The van der Waals surface area contributed by atoms with E-state index in [1.807, 2.05) is 54.0 Å². The number of tetrazole rings is 1. The van der Waals surface area contributed by atoms with E-state index in [2.05, 4.69) is 36.6 Å². The van der Waals surface area contributed by atoms with Gasteiger partial charge in [0.1, 0.15) is 22.9 Å². The molecule has 0 atom stereocenters. The third-order valence-electron chi connectivity index (χ3n) is 6.55. The number of rotatable bonds is 8. The van der Waals surface area contributed by atoms with Crippen molar-refractivity contribution in [3.05, 3.63) is 64.0 Å². The molecule has 2 N–H and O–H groups in total. The van der Waals surface area contributed by atoms with E-state index in [4.69, 9.17) is 14.1 Å². The molecule has 11 heteroatoms. The van der Waals surface area contributed by atoms with Crippen LogP contribution in [-0.4, -0.2) is 41.4 Å². The number of hydrogen-bond acceptors (Lipinski definition) is 7. The molecule has 0 spiro atoms. The standard InChI is InChI=1S/C26H23BrN6O4/c1-2-21-28-19(12-14-7-8-14)25(37-26(34)35)33(21)13-15-9-10-20-18(11-15)22(27)23(36-20)16-5-3-4-6-17(16)24-29-31-32-30-24/h3-6,9-11,14H,2,7-8,12-13H2,1H3,(H,34,35)(H,29,30,31,32). The van der Waals surface area contributed by atoms with E-state index in [1.165, 1.54) is 0 Å². The quantitative estimate of drug-likeness (QED) is 0.225. The molecule has 6 rings (SSSR count). The second kappa shape index (κ2) is 9.47. The first-order valence-corrected chi connectivity index (χ1v) is 12.8. The molecule has 1 saturated carbocycles. The van der Waals surface area contributed by atoms with E-state index in [1.54, 1.807) is 0 Å². The zero-order valence-corrected chi connectivity index (χ0v) is 21.5. The van der Waals surface area contributed by atoms with Crippen molar-refractivity contribution >= 4 is 33.1 Å². The van der Waals surface area contributed by atoms with Crippen LogP contribution in [0.1, 0.15) is 36.8 Å². The van der Waals surface area contributed by atoms with Crippen LogP contribution in [0.2, 0.25) is 0 Å². The first-order chi connectivity index (χ1) is 18.0. The van der Waals surface area contributed by atoms with Crippen molar-refractivity contribution in [1.82, 2.24) is 30.2 Å². The maximum Gasteiger partial charge on any atom is 0.512 e. The van der Waals surface area contributed by atoms with E-state index in [0.717, 1.165) is 51.6 Å². The number of fused-ring (bicyclic) bond motifs is 1. The van der Waals surface area contributed by atoms with Crippen molar-refractivity contribution in [3.8, 4) is 28.6 Å². The van der Waals surface area contributed by atoms with Gasteiger partial charge in [0, 0.05) is 22.9 Å². The summed E-state index contributed by atoms with van der Waals surface area (Å²) in [5, 5.41) is 24.5. The number of hydrogen-bond donors (Lipinski definition) is 2. The average molecular weight is 563 g/mol. The van der Waals surface area contributed by atoms with Gasteiger partial charge in [-0.1, -0.05) is 37.3 Å². The summed E-state index contributed by atoms with van der Waals surface area (Å²) in [5.41, 5.74) is 4.06. The molecule has 0 aliphatic heterocycles. The predicted octanol–water partition coefficient (Wildman–Crippen LogP) is 5.86. The van der Waals surface area contributed by atoms with Crippen LogP contribution in [0.4, 0.5) is 4.79 Å². The summed E-state index contributed by atoms with van der Waals surface area (Å²) in [6.07, 6.45) is 2.35. The van der Waals surface area contributed by atoms with Gasteiger partial charge in [0.25, 0.3) is 0 Å². The molecule has 1 aliphatic carbocycles. The van der Waals surface area contributed by atoms with Gasteiger partial charge in [-0.3, -0.25) is 4.57 Å². The number of nitrogens with one attached hydrogen (secondary N) is 1. The maximum absolute atomic E-state index is 11.5. The summed E-state index contributed by atoms with van der Waals surface area (Å²) in [4.78, 5) is 16.2. The molecule has 10 nitrogen and oxygen atoms in total. The molecular formula is C26H23BrN6O4. The largest absolute Gasteiger partial charge is 0.512 e. The van der Waals surface area contributed by atoms with Crippen LogP contribution in [0.15, 0.2) is 51.4 Å². The number of H-pyrrole nitrogens is 1. The van der Waals surface area contributed by atoms with Crippen LogP contribution < -0.4 is 4.74 Å². The Hall–Kier alpha value is -3.99. The molecule has 0 amide bonds. The number of imidazole rings is 1. The van der Waals surface area contributed by atoms with E-state index in [0.29, 0.717) is 47.6 Å². The van der Waals surface area contributed by atoms with E-state index in [-0.39, 0.29) is 0 Å². The predicted molar refractivity (Wildman–Crippen MR) is 138 cm³/mol. The van der Waals surface area contributed by atoms with Gasteiger partial charge in [-0.25, -0.2) is 14.9 Å². The van der Waals surface area contributed by atoms with Gasteiger partial charge >= 0.3 is 6.16 Å². The normalized spacial score (nSPS) is 13.4. The van der Waals surface area contributed by atoms with Crippen molar-refractivity contribution < 1.29 is 19.1 Å². The minimum Gasteiger partial charge on any atom is -0.455 e. The van der Waals surface area contributed by atoms with Gasteiger partial charge in [-0.15, -0.1) is 5.10 Å². The molecule has 2 aromatic carbocycles. The second-order valence-electron chi connectivity index (χ2n) is 9.11. The highest BCUT2D eigenvalue weighted by molar-refractivity contribution is 9.10. The Bertz CT molecular complexity index is 1600. The fourth-order valence-corrected chi connectivity index (χ4v) is 5.23. The highest BCUT2D eigenvalue weighted by Crippen LogP contribution is 2.41. The maximum atomic E-state index is 11.5. The Balaban J connectivity index is 1.39. The van der Waals surface area contributed by atoms with Crippen molar-refractivity contribution in [1.29, 1.82) is 0 Å². The van der Waals surface area contributed by atoms with Crippen LogP contribution >= 0.6 is 15.9 Å². The SMILES string of the molecule is CCc1nc(CC2CC2)c(OC(=O)O)n1Cc1ccc2oc(-c3ccccc3-c3nnn[nH]3)c(Br)c2c1. The highest BCUT2D eigenvalue weighted by Gasteiger charge is 2.28. The van der Waals surface area contributed by atoms with Crippen molar-refractivity contribution in [2.75, 3.05) is 0 Å². The number of ether oxygens (including phenoxy) is 1. The number of carboxylic acid groups (broad SMARTS) is 1. The van der Waals surface area contributed by atoms with Gasteiger partial charge < -0.3 is 14.3 Å². The van der Waals surface area contributed by atoms with Crippen LogP contribution in [0, 0.1) is 5.92 Å². The summed E-state index contributed by atoms with van der Waals surface area (Å²) in [6, 6.07) is 13.7. The molecule has 0 unspecified atom stereocenters. The van der Waals surface area contributed by atoms with Gasteiger partial charge in [0.05, 0.1) is 11.0 Å². The summed E-state index contributed by atoms with van der Waals surface area (Å²) < 4.78 is 14.2. The summed E-state index contributed by atoms with van der Waals surface area (Å²) in [6.45, 7) is 2.43. The Kier molecular flexibility index (Phi) is 5.99. The number of nitrogens with zero attached hydrogens (tertiary/aromatic N) is 5. The Morgan fingerprint density at radius 3 is 2.76 bits per heavy atom. The smallest absolute Gasteiger partial charge is 0.455 e. The third kappa shape index (κ3) is 4.50. The van der Waals surface area contributed by atoms with Gasteiger partial charge in [0.2, 0.25) is 5.88 Å². The second-order valence-corrected chi connectivity index (χ2v) is 9.90. The molecule has 0 saturated heterocycles. The summed E-state index contributed by atoms with van der Waals surface area (Å²) in [7, 11) is 0. The first kappa shape index (κ1) is 23.4. The number of aromatic nitrogens is 6. The summed E-state index contributed by atoms with van der Waals surface area (Å²) >= 11 is 3.74. The molecule has 0 bridgehead atoms. The van der Waals surface area contributed by atoms with Crippen LogP contribution in [0.5, 0.6) is 5.88 Å². The van der Waals surface area contributed by atoms with Gasteiger partial charge in [-0.2, -0.15) is 0 Å². The lowest BCUT2D eigenvalue weighted by atomic mass is 10.0. The molecule has 1 fully saturated rings. The summed E-state index contributed by atoms with van der Waals surface area (Å²) in [5.74, 6) is 2.88. The Morgan fingerprint density at radius 2 is 2.05 bits per heavy atom. The Morgan fingerprint density at radius 1 is 1.24 bits per heavy atom. The van der Waals surface area contributed by atoms with Crippen LogP contribution in [0.25, 0.3) is 33.7 Å². The first-order valence-electron chi connectivity index (χ1n) is 12.0. The molecular weight excluding hydrogens is 540 g/mol. The average Bonchev–Trinajstić information content (AvgIpc) is 3.29. The number of furan rings is 1. The molecule has 1 aliphatic rings. The van der Waals surface area contributed by atoms with Gasteiger partial charge in [-0.05, 0) is 69.2 Å². The lowest BCUT2D eigenvalue weighted by Crippen LogP contribution is -2.12. The molecule has 188 valence electrons. The number of halogens is 1. The topological polar surface area (TPSA) is 132 Å². The zero-order chi connectivity index (χ0) is 25.5. The van der Waals surface area contributed by atoms with E-state index >= 15 is 0 Å². The number of aryl methyl sites for hydroxylation is 1. The minimum atomic E-state index is -1.33. The van der Waals surface area contributed by atoms with Crippen molar-refractivity contribution in [3.63, 3.8) is 0 Å². The molecule has 3 aromatic heterocycles. The van der Waals surface area contributed by atoms with Crippen molar-refractivity contribution in [2.45, 2.75) is 39.2 Å². The van der Waals surface area contributed by atoms with Crippen LogP contribution in [-0.2, 0) is 19.4 Å². The molecule has 5 aromatic rings. The minimum absolute atomic E-state index is 0.317. The number of aromatic amines is 1. The lowest BCUT2D eigenvalue weighted by molar-refractivity contribution is 0.140. The van der Waals surface area contributed by atoms with Crippen LogP contribution in [0.3, 0.4) is 0 Å². The number of carbonyl (C=O) groups is 1. The lowest BCUT2D eigenvalue weighted by Gasteiger charge is -2.11. The van der Waals surface area contributed by atoms with E-state index < -0.39 is 6.16 Å². The van der Waals surface area contributed by atoms with E-state index in [9.17, 15) is 9.90 Å². The highest BCUT2D eigenvalue weighted by atomic mass is 79.9. The number of benzene rings is 2. The van der Waals surface area contributed by atoms with Gasteiger partial charge in [0.15, 0.2) is 5.82 Å². The Labute approximate surface area is 219 Å². The van der Waals surface area contributed by atoms with Crippen molar-refractivity contribution in [2.24, 2.45) is 5.92 Å². The fraction of sp³-hybridized carbons (Fsp3) is 0.269. The monoisotopic (exact) mass is 562 g/mol. The fourth-order valence-electron chi connectivity index (χ4n) is 4.62. The molecule has 3 heterocycles. The zero-order valence-electron chi connectivity index (χ0n) is 19.9. The molecule has 37 heavy (non-hydrogen) atoms.